The lowest BCUT2D eigenvalue weighted by molar-refractivity contribution is -0.120. The summed E-state index contributed by atoms with van der Waals surface area (Å²) in [4.78, 5) is 11.4. The second kappa shape index (κ2) is 8.95. The lowest BCUT2D eigenvalue weighted by atomic mass is 10.1. The van der Waals surface area contributed by atoms with Crippen molar-refractivity contribution >= 4 is 18.3 Å². The highest BCUT2D eigenvalue weighted by molar-refractivity contribution is 5.85. The highest BCUT2D eigenvalue weighted by Gasteiger charge is 2.10. The molecule has 0 radical (unpaired) electrons. The summed E-state index contributed by atoms with van der Waals surface area (Å²) in [6.45, 7) is 7.58. The molecule has 2 N–H and O–H groups in total. The average molecular weight is 301 g/mol. The Balaban J connectivity index is 0.00000361. The first-order valence-electron chi connectivity index (χ1n) is 6.54. The minimum Gasteiger partial charge on any atom is -0.371 e. The first-order chi connectivity index (χ1) is 8.90. The van der Waals surface area contributed by atoms with Crippen molar-refractivity contribution in [2.75, 3.05) is 13.6 Å². The molecule has 0 aliphatic rings. The maximum absolute atomic E-state index is 11.4. The molecule has 1 aromatic rings. The van der Waals surface area contributed by atoms with E-state index in [4.69, 9.17) is 4.74 Å². The van der Waals surface area contributed by atoms with Crippen molar-refractivity contribution in [1.82, 2.24) is 10.6 Å². The molecule has 0 aromatic heterocycles. The van der Waals surface area contributed by atoms with Crippen LogP contribution in [0.1, 0.15) is 31.9 Å². The molecule has 1 rings (SSSR count). The van der Waals surface area contributed by atoms with Gasteiger partial charge in [0.25, 0.3) is 0 Å². The van der Waals surface area contributed by atoms with Crippen molar-refractivity contribution in [3.05, 3.63) is 35.4 Å². The quantitative estimate of drug-likeness (QED) is 0.847. The number of amides is 1. The van der Waals surface area contributed by atoms with Gasteiger partial charge < -0.3 is 15.4 Å². The molecule has 0 saturated carbocycles. The van der Waals surface area contributed by atoms with E-state index in [1.54, 1.807) is 7.05 Å². The molecule has 0 bridgehead atoms. The van der Waals surface area contributed by atoms with Crippen LogP contribution in [0.2, 0.25) is 0 Å². The molecular weight excluding hydrogens is 276 g/mol. The highest BCUT2D eigenvalue weighted by atomic mass is 35.5. The summed E-state index contributed by atoms with van der Waals surface area (Å²) in [7, 11) is 1.75. The fraction of sp³-hybridized carbons (Fsp3) is 0.533. The van der Waals surface area contributed by atoms with Crippen LogP contribution in [-0.4, -0.2) is 25.1 Å². The van der Waals surface area contributed by atoms with Crippen molar-refractivity contribution in [2.24, 2.45) is 0 Å². The van der Waals surface area contributed by atoms with Crippen molar-refractivity contribution < 1.29 is 9.53 Å². The summed E-state index contributed by atoms with van der Waals surface area (Å²) in [6.07, 6.45) is 0. The van der Waals surface area contributed by atoms with Crippen molar-refractivity contribution in [3.8, 4) is 0 Å². The molecule has 114 valence electrons. The number of rotatable bonds is 6. The van der Waals surface area contributed by atoms with Gasteiger partial charge in [-0.3, -0.25) is 4.79 Å². The Bertz CT molecular complexity index is 417. The van der Waals surface area contributed by atoms with E-state index in [-0.39, 0.29) is 23.9 Å². The first-order valence-corrected chi connectivity index (χ1v) is 6.54. The molecule has 1 amide bonds. The maximum atomic E-state index is 11.4. The zero-order valence-electron chi connectivity index (χ0n) is 12.7. The number of hydrogen-bond donors (Lipinski definition) is 2. The number of carbonyl (C=O) groups is 1. The molecule has 5 heteroatoms. The van der Waals surface area contributed by atoms with Crippen LogP contribution in [0.5, 0.6) is 0 Å². The van der Waals surface area contributed by atoms with E-state index in [9.17, 15) is 4.79 Å². The van der Waals surface area contributed by atoms with Gasteiger partial charge in [-0.25, -0.2) is 0 Å². The number of likely N-dealkylation sites (N-methyl/N-ethyl adjacent to an activating group) is 1. The molecule has 0 aliphatic heterocycles. The summed E-state index contributed by atoms with van der Waals surface area (Å²) in [5, 5.41) is 5.68. The van der Waals surface area contributed by atoms with Crippen molar-refractivity contribution in [2.45, 2.75) is 39.5 Å². The Kier molecular flexibility index (Phi) is 8.46. The van der Waals surface area contributed by atoms with Crippen LogP contribution in [-0.2, 0) is 22.7 Å². The Labute approximate surface area is 127 Å². The molecule has 0 heterocycles. The number of halogens is 1. The van der Waals surface area contributed by atoms with Gasteiger partial charge in [0.2, 0.25) is 5.91 Å². The number of nitrogens with one attached hydrogen (secondary N) is 2. The molecule has 0 fully saturated rings. The lowest BCUT2D eigenvalue weighted by Gasteiger charge is -2.19. The minimum atomic E-state index is -0.142. The molecule has 0 aliphatic carbocycles. The predicted molar refractivity (Wildman–Crippen MR) is 84.0 cm³/mol. The monoisotopic (exact) mass is 300 g/mol. The largest absolute Gasteiger partial charge is 0.371 e. The zero-order chi connectivity index (χ0) is 14.3. The van der Waals surface area contributed by atoms with E-state index in [0.29, 0.717) is 19.7 Å². The Morgan fingerprint density at radius 3 is 2.50 bits per heavy atom. The molecule has 20 heavy (non-hydrogen) atoms. The van der Waals surface area contributed by atoms with Crippen LogP contribution in [0, 0.1) is 0 Å². The highest BCUT2D eigenvalue weighted by Crippen LogP contribution is 2.13. The second-order valence-electron chi connectivity index (χ2n) is 5.53. The van der Waals surface area contributed by atoms with E-state index in [2.05, 4.69) is 16.7 Å². The summed E-state index contributed by atoms with van der Waals surface area (Å²) in [5.41, 5.74) is 2.06. The zero-order valence-corrected chi connectivity index (χ0v) is 13.5. The van der Waals surface area contributed by atoms with Crippen LogP contribution in [0.15, 0.2) is 24.3 Å². The van der Waals surface area contributed by atoms with Crippen molar-refractivity contribution in [1.29, 1.82) is 0 Å². The molecular formula is C15H25ClN2O2. The van der Waals surface area contributed by atoms with E-state index < -0.39 is 0 Å². The Morgan fingerprint density at radius 2 is 1.90 bits per heavy atom. The van der Waals surface area contributed by atoms with Gasteiger partial charge >= 0.3 is 0 Å². The third-order valence-electron chi connectivity index (χ3n) is 2.49. The van der Waals surface area contributed by atoms with E-state index in [1.165, 1.54) is 0 Å². The third-order valence-corrected chi connectivity index (χ3v) is 2.49. The lowest BCUT2D eigenvalue weighted by Crippen LogP contribution is -2.31. The second-order valence-corrected chi connectivity index (χ2v) is 5.53. The summed E-state index contributed by atoms with van der Waals surface area (Å²) < 4.78 is 5.74. The number of benzene rings is 1. The van der Waals surface area contributed by atoms with Gasteiger partial charge in [-0.2, -0.15) is 0 Å². The topological polar surface area (TPSA) is 50.4 Å². The van der Waals surface area contributed by atoms with Gasteiger partial charge in [0.1, 0.15) is 0 Å². The van der Waals surface area contributed by atoms with Crippen LogP contribution in [0.3, 0.4) is 0 Å². The minimum absolute atomic E-state index is 0. The van der Waals surface area contributed by atoms with Gasteiger partial charge in [0.15, 0.2) is 0 Å². The third kappa shape index (κ3) is 8.15. The number of hydrogen-bond acceptors (Lipinski definition) is 3. The molecule has 0 spiro atoms. The van der Waals surface area contributed by atoms with Gasteiger partial charge in [-0.05, 0) is 38.9 Å². The van der Waals surface area contributed by atoms with Crippen LogP contribution >= 0.6 is 12.4 Å². The van der Waals surface area contributed by atoms with Gasteiger partial charge in [0.05, 0.1) is 18.8 Å². The van der Waals surface area contributed by atoms with Crippen LogP contribution in [0.4, 0.5) is 0 Å². The first kappa shape index (κ1) is 18.9. The average Bonchev–Trinajstić information content (AvgIpc) is 2.34. The number of carbonyl (C=O) groups excluding carboxylic acids is 1. The normalized spacial score (nSPS) is 10.8. The van der Waals surface area contributed by atoms with Crippen LogP contribution in [0.25, 0.3) is 0 Å². The summed E-state index contributed by atoms with van der Waals surface area (Å²) in [6, 6.07) is 8.08. The maximum Gasteiger partial charge on any atom is 0.234 e. The fourth-order valence-corrected chi connectivity index (χ4v) is 1.55. The predicted octanol–water partition coefficient (Wildman–Crippen LogP) is 2.26. The van der Waals surface area contributed by atoms with E-state index in [1.807, 2.05) is 39.0 Å². The van der Waals surface area contributed by atoms with Crippen molar-refractivity contribution in [3.63, 3.8) is 0 Å². The van der Waals surface area contributed by atoms with Gasteiger partial charge in [-0.15, -0.1) is 12.4 Å². The summed E-state index contributed by atoms with van der Waals surface area (Å²) in [5.74, 6) is -0.00107. The molecule has 4 nitrogen and oxygen atoms in total. The molecule has 0 unspecified atom stereocenters. The smallest absolute Gasteiger partial charge is 0.234 e. The Hall–Kier alpha value is -1.10. The molecule has 0 atom stereocenters. The molecule has 1 aromatic carbocycles. The molecule has 0 saturated heterocycles. The van der Waals surface area contributed by atoms with Gasteiger partial charge in [-0.1, -0.05) is 24.3 Å². The SMILES string of the molecule is CNCC(=O)NCc1cccc(COC(C)(C)C)c1.Cl. The van der Waals surface area contributed by atoms with E-state index in [0.717, 1.165) is 11.1 Å². The Morgan fingerprint density at radius 1 is 1.25 bits per heavy atom. The van der Waals surface area contributed by atoms with Gasteiger partial charge in [0, 0.05) is 6.54 Å². The number of ether oxygens (including phenoxy) is 1. The summed E-state index contributed by atoms with van der Waals surface area (Å²) >= 11 is 0. The fourth-order valence-electron chi connectivity index (χ4n) is 1.55. The standard InChI is InChI=1S/C15H24N2O2.ClH/c1-15(2,3)19-11-13-7-5-6-12(8-13)9-17-14(18)10-16-4;/h5-8,16H,9-11H2,1-4H3,(H,17,18);1H. The van der Waals surface area contributed by atoms with E-state index >= 15 is 0 Å². The van der Waals surface area contributed by atoms with Crippen LogP contribution < -0.4 is 10.6 Å².